The van der Waals surface area contributed by atoms with Crippen molar-refractivity contribution in [2.24, 2.45) is 0 Å². The summed E-state index contributed by atoms with van der Waals surface area (Å²) in [5.74, 6) is 0.816. The fourth-order valence-corrected chi connectivity index (χ4v) is 5.73. The summed E-state index contributed by atoms with van der Waals surface area (Å²) in [5, 5.41) is 32.7. The van der Waals surface area contributed by atoms with Crippen LogP contribution >= 0.6 is 11.8 Å². The SMILES string of the molecule is CCn1nnnc1SCc1c(C)nn(-c2ccccc2)c1Oc1cc(C(=O)Nc2ccc(C)cc2)c(O)c2ccccc12. The molecule has 0 fully saturated rings. The Morgan fingerprint density at radius 2 is 1.70 bits per heavy atom. The summed E-state index contributed by atoms with van der Waals surface area (Å²) >= 11 is 1.48. The average molecular weight is 592 g/mol. The molecule has 0 saturated heterocycles. The zero-order chi connectivity index (χ0) is 29.9. The number of aromatic nitrogens is 6. The molecule has 10 nitrogen and oxygen atoms in total. The topological polar surface area (TPSA) is 120 Å². The lowest BCUT2D eigenvalue weighted by molar-refractivity contribution is 0.102. The number of aromatic hydroxyl groups is 1. The Kier molecular flexibility index (Phi) is 7.80. The molecule has 0 radical (unpaired) electrons. The molecular weight excluding hydrogens is 562 g/mol. The van der Waals surface area contributed by atoms with Gasteiger partial charge in [0.05, 0.1) is 16.9 Å². The van der Waals surface area contributed by atoms with Gasteiger partial charge in [-0.25, -0.2) is 9.36 Å². The fourth-order valence-electron chi connectivity index (χ4n) is 4.71. The number of hydrogen-bond acceptors (Lipinski definition) is 8. The minimum atomic E-state index is -0.452. The third-order valence-corrected chi connectivity index (χ3v) is 8.00. The molecule has 2 heterocycles. The molecule has 6 aromatic rings. The molecule has 0 spiro atoms. The third kappa shape index (κ3) is 5.67. The van der Waals surface area contributed by atoms with E-state index in [4.69, 9.17) is 9.84 Å². The fraction of sp³-hybridized carbons (Fsp3) is 0.156. The first-order valence-corrected chi connectivity index (χ1v) is 14.7. The van der Waals surface area contributed by atoms with Crippen LogP contribution in [-0.2, 0) is 12.3 Å². The van der Waals surface area contributed by atoms with Crippen molar-refractivity contribution in [2.45, 2.75) is 38.2 Å². The molecule has 0 aliphatic rings. The van der Waals surface area contributed by atoms with E-state index in [0.717, 1.165) is 22.5 Å². The van der Waals surface area contributed by atoms with Gasteiger partial charge < -0.3 is 15.2 Å². The van der Waals surface area contributed by atoms with E-state index in [2.05, 4.69) is 20.8 Å². The van der Waals surface area contributed by atoms with Crippen molar-refractivity contribution < 1.29 is 14.6 Å². The first-order valence-electron chi connectivity index (χ1n) is 13.8. The number of carbonyl (C=O) groups excluding carboxylic acids is 1. The molecule has 11 heteroatoms. The number of anilines is 1. The highest BCUT2D eigenvalue weighted by atomic mass is 32.2. The minimum Gasteiger partial charge on any atom is -0.506 e. The number of fused-ring (bicyclic) bond motifs is 1. The summed E-state index contributed by atoms with van der Waals surface area (Å²) < 4.78 is 10.2. The van der Waals surface area contributed by atoms with Gasteiger partial charge in [0.15, 0.2) is 0 Å². The number of nitrogens with zero attached hydrogens (tertiary/aromatic N) is 6. The van der Waals surface area contributed by atoms with E-state index in [1.165, 1.54) is 11.8 Å². The summed E-state index contributed by atoms with van der Waals surface area (Å²) in [6.45, 7) is 6.54. The van der Waals surface area contributed by atoms with Crippen molar-refractivity contribution in [2.75, 3.05) is 5.32 Å². The number of tetrazole rings is 1. The van der Waals surface area contributed by atoms with E-state index in [9.17, 15) is 9.90 Å². The van der Waals surface area contributed by atoms with Crippen molar-refractivity contribution in [3.05, 3.63) is 107 Å². The number of carbonyl (C=O) groups is 1. The van der Waals surface area contributed by atoms with Crippen LogP contribution in [0.5, 0.6) is 17.4 Å². The standard InChI is InChI=1S/C32H29N7O3S/c1-4-38-32(34-36-37-38)43-19-27-21(3)35-39(23-10-6-5-7-11-23)31(27)42-28-18-26(29(40)25-13-9-8-12-24(25)28)30(41)33-22-16-14-20(2)15-17-22/h5-18,40H,4,19H2,1-3H3,(H,33,41). The van der Waals surface area contributed by atoms with Gasteiger partial charge in [0, 0.05) is 34.3 Å². The van der Waals surface area contributed by atoms with E-state index in [1.807, 2.05) is 93.6 Å². The zero-order valence-electron chi connectivity index (χ0n) is 23.9. The van der Waals surface area contributed by atoms with Gasteiger partial charge in [-0.15, -0.1) is 5.10 Å². The van der Waals surface area contributed by atoms with E-state index in [0.29, 0.717) is 45.5 Å². The second-order valence-corrected chi connectivity index (χ2v) is 10.9. The maximum atomic E-state index is 13.5. The second-order valence-electron chi connectivity index (χ2n) is 9.92. The molecule has 216 valence electrons. The normalized spacial score (nSPS) is 11.1. The van der Waals surface area contributed by atoms with Crippen molar-refractivity contribution in [3.63, 3.8) is 0 Å². The Bertz CT molecular complexity index is 1920. The van der Waals surface area contributed by atoms with Crippen molar-refractivity contribution >= 4 is 34.1 Å². The molecule has 0 unspecified atom stereocenters. The Balaban J connectivity index is 1.44. The van der Waals surface area contributed by atoms with Crippen LogP contribution in [0.25, 0.3) is 16.5 Å². The molecule has 43 heavy (non-hydrogen) atoms. The van der Waals surface area contributed by atoms with Crippen LogP contribution in [0.2, 0.25) is 0 Å². The van der Waals surface area contributed by atoms with Crippen LogP contribution in [0.1, 0.15) is 34.1 Å². The first kappa shape index (κ1) is 28.0. The molecule has 6 rings (SSSR count). The van der Waals surface area contributed by atoms with E-state index < -0.39 is 5.91 Å². The van der Waals surface area contributed by atoms with Gasteiger partial charge in [0.1, 0.15) is 11.5 Å². The Morgan fingerprint density at radius 3 is 2.44 bits per heavy atom. The zero-order valence-corrected chi connectivity index (χ0v) is 24.7. The van der Waals surface area contributed by atoms with Gasteiger partial charge in [0.25, 0.3) is 5.91 Å². The Hall–Kier alpha value is -5.16. The number of para-hydroxylation sites is 1. The largest absolute Gasteiger partial charge is 0.506 e. The quantitative estimate of drug-likeness (QED) is 0.179. The summed E-state index contributed by atoms with van der Waals surface area (Å²) in [6, 6.07) is 26.0. The van der Waals surface area contributed by atoms with Gasteiger partial charge in [-0.2, -0.15) is 5.10 Å². The molecule has 0 aliphatic heterocycles. The number of hydrogen-bond donors (Lipinski definition) is 2. The predicted octanol–water partition coefficient (Wildman–Crippen LogP) is 6.69. The molecule has 0 atom stereocenters. The summed E-state index contributed by atoms with van der Waals surface area (Å²) in [7, 11) is 0. The van der Waals surface area contributed by atoms with E-state index in [1.54, 1.807) is 21.5 Å². The number of phenolic OH excluding ortho intramolecular Hbond substituents is 1. The summed E-state index contributed by atoms with van der Waals surface area (Å²) in [6.07, 6.45) is 0. The number of phenols is 1. The highest BCUT2D eigenvalue weighted by Crippen LogP contribution is 2.41. The van der Waals surface area contributed by atoms with E-state index in [-0.39, 0.29) is 11.3 Å². The first-order chi connectivity index (χ1) is 20.9. The van der Waals surface area contributed by atoms with Gasteiger partial charge in [-0.3, -0.25) is 4.79 Å². The lowest BCUT2D eigenvalue weighted by Crippen LogP contribution is -2.12. The number of rotatable bonds is 9. The monoisotopic (exact) mass is 591 g/mol. The molecule has 2 aromatic heterocycles. The second kappa shape index (κ2) is 12.0. The minimum absolute atomic E-state index is 0.0924. The van der Waals surface area contributed by atoms with Gasteiger partial charge in [-0.1, -0.05) is 71.9 Å². The van der Waals surface area contributed by atoms with Crippen LogP contribution < -0.4 is 10.1 Å². The van der Waals surface area contributed by atoms with Gasteiger partial charge >= 0.3 is 0 Å². The summed E-state index contributed by atoms with van der Waals surface area (Å²) in [5.41, 5.74) is 4.24. The molecule has 0 bridgehead atoms. The van der Waals surface area contributed by atoms with Crippen LogP contribution in [0.3, 0.4) is 0 Å². The van der Waals surface area contributed by atoms with Crippen molar-refractivity contribution in [1.29, 1.82) is 0 Å². The summed E-state index contributed by atoms with van der Waals surface area (Å²) in [4.78, 5) is 13.5. The lowest BCUT2D eigenvalue weighted by Gasteiger charge is -2.16. The molecule has 1 amide bonds. The van der Waals surface area contributed by atoms with Crippen molar-refractivity contribution in [1.82, 2.24) is 30.0 Å². The molecule has 2 N–H and O–H groups in total. The highest BCUT2D eigenvalue weighted by molar-refractivity contribution is 7.98. The number of amides is 1. The molecular formula is C32H29N7O3S. The van der Waals surface area contributed by atoms with Crippen LogP contribution in [0.15, 0.2) is 90.1 Å². The highest BCUT2D eigenvalue weighted by Gasteiger charge is 2.24. The molecule has 4 aromatic carbocycles. The Morgan fingerprint density at radius 1 is 0.977 bits per heavy atom. The number of benzene rings is 4. The van der Waals surface area contributed by atoms with Gasteiger partial charge in [0.2, 0.25) is 11.0 Å². The smallest absolute Gasteiger partial charge is 0.259 e. The number of nitrogens with one attached hydrogen (secondary N) is 1. The maximum Gasteiger partial charge on any atom is 0.259 e. The maximum absolute atomic E-state index is 13.5. The molecule has 0 aliphatic carbocycles. The van der Waals surface area contributed by atoms with Crippen LogP contribution in [-0.4, -0.2) is 41.0 Å². The van der Waals surface area contributed by atoms with Crippen molar-refractivity contribution in [3.8, 4) is 23.1 Å². The van der Waals surface area contributed by atoms with Crippen LogP contribution in [0.4, 0.5) is 5.69 Å². The lowest BCUT2D eigenvalue weighted by atomic mass is 10.0. The predicted molar refractivity (Wildman–Crippen MR) is 166 cm³/mol. The third-order valence-electron chi connectivity index (χ3n) is 7.02. The molecule has 0 saturated carbocycles. The average Bonchev–Trinajstić information content (AvgIpc) is 3.62. The number of aryl methyl sites for hydroxylation is 3. The number of ether oxygens (including phenoxy) is 1. The van der Waals surface area contributed by atoms with E-state index >= 15 is 0 Å². The van der Waals surface area contributed by atoms with Gasteiger partial charge in [-0.05, 0) is 61.5 Å². The van der Waals surface area contributed by atoms with Crippen LogP contribution in [0, 0.1) is 13.8 Å². The number of thioether (sulfide) groups is 1. The Labute approximate surface area is 252 Å².